The maximum atomic E-state index is 5.76. The summed E-state index contributed by atoms with van der Waals surface area (Å²) in [5.74, 6) is 1.37. The molecule has 94 valence electrons. The fourth-order valence-electron chi connectivity index (χ4n) is 1.98. The van der Waals surface area contributed by atoms with E-state index in [1.807, 2.05) is 13.0 Å². The van der Waals surface area contributed by atoms with Crippen LogP contribution in [0.1, 0.15) is 22.6 Å². The maximum Gasteiger partial charge on any atom is 0.130 e. The lowest BCUT2D eigenvalue weighted by Crippen LogP contribution is -2.00. The first-order valence-electron chi connectivity index (χ1n) is 6.08. The van der Waals surface area contributed by atoms with Gasteiger partial charge in [0.2, 0.25) is 0 Å². The maximum absolute atomic E-state index is 5.76. The molecule has 0 atom stereocenters. The van der Waals surface area contributed by atoms with Crippen molar-refractivity contribution < 1.29 is 0 Å². The van der Waals surface area contributed by atoms with Crippen LogP contribution in [0.2, 0.25) is 0 Å². The van der Waals surface area contributed by atoms with Crippen molar-refractivity contribution in [2.75, 3.05) is 5.88 Å². The fourth-order valence-corrected chi connectivity index (χ4v) is 2.15. The monoisotopic (exact) mass is 260 g/mol. The average Bonchev–Trinajstić information content (AvgIpc) is 2.32. The van der Waals surface area contributed by atoms with Crippen molar-refractivity contribution in [1.29, 1.82) is 0 Å². The smallest absolute Gasteiger partial charge is 0.130 e. The van der Waals surface area contributed by atoms with E-state index in [-0.39, 0.29) is 0 Å². The molecular weight excluding hydrogens is 244 g/mol. The van der Waals surface area contributed by atoms with Gasteiger partial charge in [0.1, 0.15) is 5.82 Å². The van der Waals surface area contributed by atoms with Crippen LogP contribution in [0.5, 0.6) is 0 Å². The third-order valence-electron chi connectivity index (χ3n) is 2.89. The Morgan fingerprint density at radius 3 is 2.56 bits per heavy atom. The molecule has 0 N–H and O–H groups in total. The average molecular weight is 261 g/mol. The molecule has 0 aliphatic carbocycles. The van der Waals surface area contributed by atoms with Gasteiger partial charge in [0.05, 0.1) is 5.69 Å². The molecule has 1 aromatic heterocycles. The van der Waals surface area contributed by atoms with Crippen molar-refractivity contribution in [2.24, 2.45) is 0 Å². The van der Waals surface area contributed by atoms with Crippen LogP contribution in [-0.4, -0.2) is 15.8 Å². The minimum absolute atomic E-state index is 0.551. The highest BCUT2D eigenvalue weighted by Crippen LogP contribution is 2.23. The van der Waals surface area contributed by atoms with Crippen molar-refractivity contribution in [3.05, 3.63) is 46.9 Å². The van der Waals surface area contributed by atoms with Crippen molar-refractivity contribution in [1.82, 2.24) is 9.97 Å². The van der Waals surface area contributed by atoms with Crippen LogP contribution in [0.25, 0.3) is 11.3 Å². The molecule has 0 saturated carbocycles. The zero-order chi connectivity index (χ0) is 13.1. The van der Waals surface area contributed by atoms with E-state index < -0.39 is 0 Å². The van der Waals surface area contributed by atoms with Crippen LogP contribution in [0, 0.1) is 20.8 Å². The van der Waals surface area contributed by atoms with Gasteiger partial charge in [-0.2, -0.15) is 0 Å². The van der Waals surface area contributed by atoms with E-state index >= 15 is 0 Å². The van der Waals surface area contributed by atoms with E-state index in [2.05, 4.69) is 42.0 Å². The molecule has 0 bridgehead atoms. The van der Waals surface area contributed by atoms with Crippen LogP contribution in [-0.2, 0) is 6.42 Å². The SMILES string of the molecule is Cc1ccc(C)c(-c2cc(C)nc(CCCl)n2)c1. The Hall–Kier alpha value is -1.41. The van der Waals surface area contributed by atoms with E-state index in [9.17, 15) is 0 Å². The zero-order valence-electron chi connectivity index (χ0n) is 11.0. The molecule has 1 aromatic carbocycles. The molecule has 18 heavy (non-hydrogen) atoms. The third kappa shape index (κ3) is 2.88. The Morgan fingerprint density at radius 2 is 1.83 bits per heavy atom. The first-order chi connectivity index (χ1) is 8.60. The van der Waals surface area contributed by atoms with Crippen molar-refractivity contribution in [2.45, 2.75) is 27.2 Å². The first-order valence-corrected chi connectivity index (χ1v) is 6.62. The van der Waals surface area contributed by atoms with Gasteiger partial charge in [0.15, 0.2) is 0 Å². The molecule has 0 saturated heterocycles. The molecule has 2 rings (SSSR count). The molecule has 2 aromatic rings. The summed E-state index contributed by atoms with van der Waals surface area (Å²) < 4.78 is 0. The number of hydrogen-bond donors (Lipinski definition) is 0. The van der Waals surface area contributed by atoms with Gasteiger partial charge >= 0.3 is 0 Å². The molecule has 3 heteroatoms. The predicted octanol–water partition coefficient (Wildman–Crippen LogP) is 3.85. The number of nitrogens with zero attached hydrogens (tertiary/aromatic N) is 2. The van der Waals surface area contributed by atoms with Gasteiger partial charge in [0, 0.05) is 23.6 Å². The summed E-state index contributed by atoms with van der Waals surface area (Å²) in [5, 5.41) is 0. The molecule has 0 unspecified atom stereocenters. The molecule has 0 aliphatic heterocycles. The highest BCUT2D eigenvalue weighted by Gasteiger charge is 2.07. The summed E-state index contributed by atoms with van der Waals surface area (Å²) in [7, 11) is 0. The molecule has 0 fully saturated rings. The minimum atomic E-state index is 0.551. The highest BCUT2D eigenvalue weighted by molar-refractivity contribution is 6.17. The number of aryl methyl sites for hydroxylation is 4. The third-order valence-corrected chi connectivity index (χ3v) is 3.08. The molecule has 0 aliphatic rings. The number of rotatable bonds is 3. The van der Waals surface area contributed by atoms with Gasteiger partial charge in [-0.15, -0.1) is 11.6 Å². The van der Waals surface area contributed by atoms with Crippen LogP contribution in [0.15, 0.2) is 24.3 Å². The highest BCUT2D eigenvalue weighted by atomic mass is 35.5. The Bertz CT molecular complexity index is 564. The summed E-state index contributed by atoms with van der Waals surface area (Å²) in [6.45, 7) is 6.19. The topological polar surface area (TPSA) is 25.8 Å². The number of aromatic nitrogens is 2. The lowest BCUT2D eigenvalue weighted by Gasteiger charge is -2.09. The molecule has 0 spiro atoms. The van der Waals surface area contributed by atoms with E-state index in [0.717, 1.165) is 17.2 Å². The van der Waals surface area contributed by atoms with Gasteiger partial charge in [-0.05, 0) is 38.5 Å². The quantitative estimate of drug-likeness (QED) is 0.784. The standard InChI is InChI=1S/C15H17ClN2/c1-10-4-5-11(2)13(8-10)14-9-12(3)17-15(18-14)6-7-16/h4-5,8-9H,6-7H2,1-3H3. The van der Waals surface area contributed by atoms with Crippen LogP contribution in [0.3, 0.4) is 0 Å². The van der Waals surface area contributed by atoms with Crippen LogP contribution in [0.4, 0.5) is 0 Å². The molecule has 0 amide bonds. The van der Waals surface area contributed by atoms with Crippen molar-refractivity contribution in [3.8, 4) is 11.3 Å². The van der Waals surface area contributed by atoms with Crippen LogP contribution < -0.4 is 0 Å². The van der Waals surface area contributed by atoms with Gasteiger partial charge in [-0.3, -0.25) is 0 Å². The van der Waals surface area contributed by atoms with Crippen molar-refractivity contribution >= 4 is 11.6 Å². The van der Waals surface area contributed by atoms with Gasteiger partial charge < -0.3 is 0 Å². The fraction of sp³-hybridized carbons (Fsp3) is 0.333. The summed E-state index contributed by atoms with van der Waals surface area (Å²) >= 11 is 5.76. The first kappa shape index (κ1) is 13.0. The van der Waals surface area contributed by atoms with Gasteiger partial charge in [0.25, 0.3) is 0 Å². The van der Waals surface area contributed by atoms with Crippen molar-refractivity contribution in [3.63, 3.8) is 0 Å². The Balaban J connectivity index is 2.52. The van der Waals surface area contributed by atoms with Gasteiger partial charge in [-0.25, -0.2) is 9.97 Å². The lowest BCUT2D eigenvalue weighted by atomic mass is 10.0. The second kappa shape index (κ2) is 5.49. The predicted molar refractivity (Wildman–Crippen MR) is 76.1 cm³/mol. The minimum Gasteiger partial charge on any atom is -0.238 e. The largest absolute Gasteiger partial charge is 0.238 e. The number of alkyl halides is 1. The van der Waals surface area contributed by atoms with E-state index in [1.54, 1.807) is 0 Å². The normalized spacial score (nSPS) is 10.7. The van der Waals surface area contributed by atoms with E-state index in [1.165, 1.54) is 16.7 Å². The molecular formula is C15H17ClN2. The second-order valence-corrected chi connectivity index (χ2v) is 4.95. The Kier molecular flexibility index (Phi) is 3.97. The summed E-state index contributed by atoms with van der Waals surface area (Å²) in [5.41, 5.74) is 5.63. The second-order valence-electron chi connectivity index (χ2n) is 4.57. The Morgan fingerprint density at radius 1 is 1.06 bits per heavy atom. The molecule has 1 heterocycles. The summed E-state index contributed by atoms with van der Waals surface area (Å²) in [4.78, 5) is 9.01. The molecule has 0 radical (unpaired) electrons. The lowest BCUT2D eigenvalue weighted by molar-refractivity contribution is 0.925. The zero-order valence-corrected chi connectivity index (χ0v) is 11.8. The summed E-state index contributed by atoms with van der Waals surface area (Å²) in [6, 6.07) is 8.44. The number of benzene rings is 1. The molecule has 2 nitrogen and oxygen atoms in total. The van der Waals surface area contributed by atoms with E-state index in [4.69, 9.17) is 11.6 Å². The van der Waals surface area contributed by atoms with Gasteiger partial charge in [-0.1, -0.05) is 17.7 Å². The summed E-state index contributed by atoms with van der Waals surface area (Å²) in [6.07, 6.45) is 0.709. The number of hydrogen-bond acceptors (Lipinski definition) is 2. The Labute approximate surface area is 113 Å². The number of halogens is 1. The van der Waals surface area contributed by atoms with E-state index in [0.29, 0.717) is 12.3 Å². The van der Waals surface area contributed by atoms with Crippen LogP contribution >= 0.6 is 11.6 Å².